The Morgan fingerprint density at radius 2 is 2.14 bits per heavy atom. The molecule has 8 heteroatoms. The molecule has 1 unspecified atom stereocenters. The number of anilines is 1. The number of hydrogen-bond donors (Lipinski definition) is 2. The summed E-state index contributed by atoms with van der Waals surface area (Å²) >= 11 is 0. The number of nitrogens with one attached hydrogen (secondary N) is 1. The Kier molecular flexibility index (Phi) is 4.27. The van der Waals surface area contributed by atoms with E-state index in [2.05, 4.69) is 10.1 Å². The van der Waals surface area contributed by atoms with Crippen molar-refractivity contribution < 1.29 is 29.0 Å². The molecule has 0 fully saturated rings. The number of carbonyl (C=O) groups is 3. The molecule has 1 atom stereocenters. The Morgan fingerprint density at radius 1 is 1.43 bits per heavy atom. The van der Waals surface area contributed by atoms with Crippen molar-refractivity contribution in [2.45, 2.75) is 6.10 Å². The molecule has 8 nitrogen and oxygen atoms in total. The largest absolute Gasteiger partial charge is 0.478 e. The minimum atomic E-state index is -1.17. The fraction of sp³-hybridized carbons (Fsp3) is 0.308. The van der Waals surface area contributed by atoms with E-state index in [-0.39, 0.29) is 13.1 Å². The van der Waals surface area contributed by atoms with E-state index in [1.54, 1.807) is 24.3 Å². The summed E-state index contributed by atoms with van der Waals surface area (Å²) in [5.74, 6) is -1.47. The number of amides is 2. The van der Waals surface area contributed by atoms with Crippen LogP contribution >= 0.6 is 0 Å². The number of benzene rings is 1. The minimum absolute atomic E-state index is 0.153. The van der Waals surface area contributed by atoms with Crippen LogP contribution in [-0.4, -0.2) is 49.4 Å². The maximum Gasteiger partial charge on any atom is 0.346 e. The van der Waals surface area contributed by atoms with E-state index in [0.717, 1.165) is 0 Å². The number of carboxylic acid groups (broad SMARTS) is 1. The number of carboxylic acids is 1. The molecule has 0 saturated heterocycles. The van der Waals surface area contributed by atoms with Gasteiger partial charge in [0.05, 0.1) is 19.3 Å². The smallest absolute Gasteiger partial charge is 0.346 e. The van der Waals surface area contributed by atoms with Gasteiger partial charge in [-0.1, -0.05) is 12.1 Å². The van der Waals surface area contributed by atoms with Crippen molar-refractivity contribution in [3.8, 4) is 5.75 Å². The van der Waals surface area contributed by atoms with Crippen LogP contribution in [0.4, 0.5) is 10.5 Å². The van der Waals surface area contributed by atoms with E-state index >= 15 is 0 Å². The van der Waals surface area contributed by atoms with E-state index in [1.165, 1.54) is 12.0 Å². The van der Waals surface area contributed by atoms with Crippen molar-refractivity contribution in [1.82, 2.24) is 5.32 Å². The molecule has 1 aromatic carbocycles. The first kappa shape index (κ1) is 14.6. The van der Waals surface area contributed by atoms with Crippen LogP contribution in [0.5, 0.6) is 5.75 Å². The van der Waals surface area contributed by atoms with Crippen LogP contribution in [0, 0.1) is 0 Å². The normalized spacial score (nSPS) is 16.4. The summed E-state index contributed by atoms with van der Waals surface area (Å²) in [5.41, 5.74) is 0.442. The fourth-order valence-corrected chi connectivity index (χ4v) is 1.87. The molecule has 2 rings (SSSR count). The second kappa shape index (κ2) is 6.12. The highest BCUT2D eigenvalue weighted by Crippen LogP contribution is 2.33. The molecular weight excluding hydrogens is 280 g/mol. The van der Waals surface area contributed by atoms with Gasteiger partial charge in [-0.05, 0) is 12.1 Å². The summed E-state index contributed by atoms with van der Waals surface area (Å²) in [6.07, 6.45) is -1.16. The van der Waals surface area contributed by atoms with Gasteiger partial charge in [0.2, 0.25) is 6.10 Å². The molecule has 1 aliphatic rings. The summed E-state index contributed by atoms with van der Waals surface area (Å²) in [7, 11) is 1.21. The van der Waals surface area contributed by atoms with E-state index in [9.17, 15) is 14.4 Å². The fourth-order valence-electron chi connectivity index (χ4n) is 1.87. The molecule has 1 aliphatic heterocycles. The van der Waals surface area contributed by atoms with Gasteiger partial charge in [0.1, 0.15) is 12.3 Å². The summed E-state index contributed by atoms with van der Waals surface area (Å²) in [4.78, 5) is 35.5. The predicted octanol–water partition coefficient (Wildman–Crippen LogP) is 0.221. The number of para-hydroxylation sites is 2. The Hall–Kier alpha value is -2.77. The van der Waals surface area contributed by atoms with Gasteiger partial charge in [-0.3, -0.25) is 9.69 Å². The Bertz CT molecular complexity index is 574. The molecule has 0 aliphatic carbocycles. The zero-order valence-corrected chi connectivity index (χ0v) is 11.2. The van der Waals surface area contributed by atoms with Gasteiger partial charge in [-0.15, -0.1) is 0 Å². The topological polar surface area (TPSA) is 105 Å². The standard InChI is InChI=1S/C13H14N2O6/c1-20-11(16)6-14-13(19)15-7-10(12(17)18)21-9-5-3-2-4-8(9)15/h2-5,10H,6-7H2,1H3,(H,14,19)(H,17,18). The van der Waals surface area contributed by atoms with E-state index in [0.29, 0.717) is 11.4 Å². The van der Waals surface area contributed by atoms with Gasteiger partial charge >= 0.3 is 18.0 Å². The second-order valence-electron chi connectivity index (χ2n) is 4.26. The quantitative estimate of drug-likeness (QED) is 0.773. The molecule has 0 spiro atoms. The lowest BCUT2D eigenvalue weighted by atomic mass is 10.2. The first-order valence-corrected chi connectivity index (χ1v) is 6.13. The van der Waals surface area contributed by atoms with Crippen molar-refractivity contribution >= 4 is 23.7 Å². The van der Waals surface area contributed by atoms with Crippen LogP contribution in [0.15, 0.2) is 24.3 Å². The molecule has 1 aromatic rings. The number of urea groups is 1. The van der Waals surface area contributed by atoms with Crippen molar-refractivity contribution in [1.29, 1.82) is 0 Å². The van der Waals surface area contributed by atoms with Crippen molar-refractivity contribution in [2.24, 2.45) is 0 Å². The van der Waals surface area contributed by atoms with Crippen LogP contribution in [0.1, 0.15) is 0 Å². The maximum absolute atomic E-state index is 12.1. The van der Waals surface area contributed by atoms with Crippen LogP contribution in [0.25, 0.3) is 0 Å². The minimum Gasteiger partial charge on any atom is -0.478 e. The van der Waals surface area contributed by atoms with E-state index in [4.69, 9.17) is 9.84 Å². The number of carbonyl (C=O) groups excluding carboxylic acids is 2. The SMILES string of the molecule is COC(=O)CNC(=O)N1CC(C(=O)O)Oc2ccccc21. The van der Waals surface area contributed by atoms with Gasteiger partial charge in [0.15, 0.2) is 0 Å². The van der Waals surface area contributed by atoms with Gasteiger partial charge in [0, 0.05) is 0 Å². The van der Waals surface area contributed by atoms with Gasteiger partial charge < -0.3 is 19.9 Å². The highest BCUT2D eigenvalue weighted by molar-refractivity contribution is 5.96. The van der Waals surface area contributed by atoms with Crippen LogP contribution in [0.3, 0.4) is 0 Å². The molecule has 2 amide bonds. The zero-order chi connectivity index (χ0) is 15.4. The lowest BCUT2D eigenvalue weighted by Crippen LogP contribution is -2.51. The highest BCUT2D eigenvalue weighted by Gasteiger charge is 2.33. The zero-order valence-electron chi connectivity index (χ0n) is 11.2. The number of nitrogens with zero attached hydrogens (tertiary/aromatic N) is 1. The van der Waals surface area contributed by atoms with Crippen LogP contribution in [-0.2, 0) is 14.3 Å². The molecule has 21 heavy (non-hydrogen) atoms. The van der Waals surface area contributed by atoms with E-state index < -0.39 is 24.1 Å². The first-order chi connectivity index (χ1) is 10.0. The number of rotatable bonds is 3. The molecule has 0 saturated carbocycles. The number of fused-ring (bicyclic) bond motifs is 1. The van der Waals surface area contributed by atoms with Gasteiger partial charge in [-0.2, -0.15) is 0 Å². The monoisotopic (exact) mass is 294 g/mol. The predicted molar refractivity (Wildman–Crippen MR) is 71.3 cm³/mol. The Labute approximate surface area is 120 Å². The molecule has 0 aromatic heterocycles. The second-order valence-corrected chi connectivity index (χ2v) is 4.26. The summed E-state index contributed by atoms with van der Waals surface area (Å²) < 4.78 is 9.73. The molecule has 0 bridgehead atoms. The molecular formula is C13H14N2O6. The third-order valence-electron chi connectivity index (χ3n) is 2.91. The maximum atomic E-state index is 12.1. The summed E-state index contributed by atoms with van der Waals surface area (Å²) in [6.45, 7) is -0.452. The van der Waals surface area contributed by atoms with Crippen molar-refractivity contribution in [2.75, 3.05) is 25.1 Å². The van der Waals surface area contributed by atoms with Crippen LogP contribution in [0.2, 0.25) is 0 Å². The number of ether oxygens (including phenoxy) is 2. The van der Waals surface area contributed by atoms with Gasteiger partial charge in [0.25, 0.3) is 0 Å². The highest BCUT2D eigenvalue weighted by atomic mass is 16.5. The number of methoxy groups -OCH3 is 1. The van der Waals surface area contributed by atoms with Crippen molar-refractivity contribution in [3.05, 3.63) is 24.3 Å². The lowest BCUT2D eigenvalue weighted by molar-refractivity contribution is -0.145. The Morgan fingerprint density at radius 3 is 2.81 bits per heavy atom. The Balaban J connectivity index is 2.19. The first-order valence-electron chi connectivity index (χ1n) is 6.13. The number of esters is 1. The average Bonchev–Trinajstić information content (AvgIpc) is 2.50. The summed E-state index contributed by atoms with van der Waals surface area (Å²) in [5, 5.41) is 11.4. The van der Waals surface area contributed by atoms with Crippen molar-refractivity contribution in [3.63, 3.8) is 0 Å². The third-order valence-corrected chi connectivity index (χ3v) is 2.91. The van der Waals surface area contributed by atoms with Gasteiger partial charge in [-0.25, -0.2) is 9.59 Å². The van der Waals surface area contributed by atoms with Crippen LogP contribution < -0.4 is 15.0 Å². The van der Waals surface area contributed by atoms with E-state index in [1.807, 2.05) is 0 Å². The lowest BCUT2D eigenvalue weighted by Gasteiger charge is -2.32. The molecule has 112 valence electrons. The average molecular weight is 294 g/mol. The summed E-state index contributed by atoms with van der Waals surface area (Å²) in [6, 6.07) is 5.98. The number of hydrogen-bond acceptors (Lipinski definition) is 5. The molecule has 1 heterocycles. The molecule has 0 radical (unpaired) electrons. The molecule has 2 N–H and O–H groups in total. The number of aliphatic carboxylic acids is 1. The third kappa shape index (κ3) is 3.22.